The molecule has 4 aromatic rings. The standard InChI is InChI=1S/C21H22N6O/c22-19-18-20(26-21(25-19)28-14-10-16-5-2-1-3-6-16)27(15-24-18)13-4-7-17-8-11-23-12-9-17/h1-3,5-6,8-9,11-12,15H,4,7,10,13-14H2,(H2,22,25,26). The number of aryl methyl sites for hydroxylation is 2. The first-order valence-corrected chi connectivity index (χ1v) is 9.33. The summed E-state index contributed by atoms with van der Waals surface area (Å²) < 4.78 is 7.75. The molecule has 0 fully saturated rings. The normalized spacial score (nSPS) is 11.0. The Balaban J connectivity index is 1.42. The van der Waals surface area contributed by atoms with Crippen LogP contribution in [0.25, 0.3) is 11.2 Å². The van der Waals surface area contributed by atoms with Crippen molar-refractivity contribution in [1.29, 1.82) is 0 Å². The second-order valence-corrected chi connectivity index (χ2v) is 6.54. The van der Waals surface area contributed by atoms with Crippen LogP contribution in [0.1, 0.15) is 17.5 Å². The van der Waals surface area contributed by atoms with Crippen molar-refractivity contribution in [1.82, 2.24) is 24.5 Å². The zero-order valence-electron chi connectivity index (χ0n) is 15.5. The smallest absolute Gasteiger partial charge is 0.320 e. The van der Waals surface area contributed by atoms with E-state index in [2.05, 4.69) is 32.1 Å². The van der Waals surface area contributed by atoms with Crippen molar-refractivity contribution in [3.63, 3.8) is 0 Å². The van der Waals surface area contributed by atoms with Crippen LogP contribution in [0.4, 0.5) is 5.82 Å². The molecule has 0 radical (unpaired) electrons. The highest BCUT2D eigenvalue weighted by atomic mass is 16.5. The van der Waals surface area contributed by atoms with Crippen LogP contribution in [-0.2, 0) is 19.4 Å². The van der Waals surface area contributed by atoms with Gasteiger partial charge in [0.15, 0.2) is 11.5 Å². The van der Waals surface area contributed by atoms with Gasteiger partial charge in [0, 0.05) is 25.4 Å². The SMILES string of the molecule is Nc1nc(OCCc2ccccc2)nc2c1ncn2CCCc1ccncc1. The molecule has 0 saturated heterocycles. The van der Waals surface area contributed by atoms with Gasteiger partial charge in [-0.05, 0) is 36.1 Å². The molecule has 3 aromatic heterocycles. The van der Waals surface area contributed by atoms with Gasteiger partial charge in [0.1, 0.15) is 5.52 Å². The number of ether oxygens (including phenoxy) is 1. The molecule has 0 aliphatic rings. The molecule has 28 heavy (non-hydrogen) atoms. The third kappa shape index (κ3) is 4.25. The quantitative estimate of drug-likeness (QED) is 0.510. The Hall–Kier alpha value is -3.48. The summed E-state index contributed by atoms with van der Waals surface area (Å²) in [5, 5.41) is 0. The number of hydrogen-bond donors (Lipinski definition) is 1. The number of benzene rings is 1. The van der Waals surface area contributed by atoms with Gasteiger partial charge in [-0.15, -0.1) is 0 Å². The van der Waals surface area contributed by atoms with Crippen molar-refractivity contribution in [3.8, 4) is 6.01 Å². The number of pyridine rings is 1. The molecular formula is C21H22N6O. The van der Waals surface area contributed by atoms with Crippen LogP contribution in [0.15, 0.2) is 61.2 Å². The lowest BCUT2D eigenvalue weighted by Crippen LogP contribution is -2.07. The minimum atomic E-state index is 0.289. The van der Waals surface area contributed by atoms with Crippen LogP contribution in [0.2, 0.25) is 0 Å². The minimum Gasteiger partial charge on any atom is -0.463 e. The van der Waals surface area contributed by atoms with E-state index in [0.29, 0.717) is 23.6 Å². The Labute approximate surface area is 163 Å². The van der Waals surface area contributed by atoms with Gasteiger partial charge in [-0.25, -0.2) is 4.98 Å². The third-order valence-electron chi connectivity index (χ3n) is 4.55. The Morgan fingerprint density at radius 2 is 1.71 bits per heavy atom. The van der Waals surface area contributed by atoms with Crippen LogP contribution < -0.4 is 10.5 Å². The van der Waals surface area contributed by atoms with Gasteiger partial charge < -0.3 is 15.0 Å². The molecule has 7 heteroatoms. The molecule has 0 atom stereocenters. The van der Waals surface area contributed by atoms with E-state index >= 15 is 0 Å². The maximum atomic E-state index is 6.06. The van der Waals surface area contributed by atoms with E-state index in [1.807, 2.05) is 47.3 Å². The maximum Gasteiger partial charge on any atom is 0.320 e. The molecule has 0 saturated carbocycles. The van der Waals surface area contributed by atoms with Gasteiger partial charge in [-0.1, -0.05) is 30.3 Å². The highest BCUT2D eigenvalue weighted by Gasteiger charge is 2.12. The maximum absolute atomic E-state index is 6.06. The number of anilines is 1. The number of nitrogen functional groups attached to an aromatic ring is 1. The van der Waals surface area contributed by atoms with E-state index in [4.69, 9.17) is 10.5 Å². The molecule has 4 rings (SSSR count). The number of hydrogen-bond acceptors (Lipinski definition) is 6. The molecule has 0 aliphatic carbocycles. The first kappa shape index (κ1) is 17.9. The van der Waals surface area contributed by atoms with Gasteiger partial charge in [0.05, 0.1) is 12.9 Å². The van der Waals surface area contributed by atoms with Crippen molar-refractivity contribution in [2.45, 2.75) is 25.8 Å². The summed E-state index contributed by atoms with van der Waals surface area (Å²) >= 11 is 0. The lowest BCUT2D eigenvalue weighted by atomic mass is 10.1. The molecule has 142 valence electrons. The van der Waals surface area contributed by atoms with Crippen molar-refractivity contribution >= 4 is 17.0 Å². The number of nitrogens with zero attached hydrogens (tertiary/aromatic N) is 5. The number of aromatic nitrogens is 5. The van der Waals surface area contributed by atoms with Crippen molar-refractivity contribution in [2.75, 3.05) is 12.3 Å². The molecule has 7 nitrogen and oxygen atoms in total. The fourth-order valence-electron chi connectivity index (χ4n) is 3.08. The summed E-state index contributed by atoms with van der Waals surface area (Å²) in [4.78, 5) is 17.2. The van der Waals surface area contributed by atoms with Gasteiger partial charge in [-0.3, -0.25) is 4.98 Å². The van der Waals surface area contributed by atoms with E-state index in [9.17, 15) is 0 Å². The Morgan fingerprint density at radius 3 is 2.54 bits per heavy atom. The highest BCUT2D eigenvalue weighted by Crippen LogP contribution is 2.20. The Morgan fingerprint density at radius 1 is 0.929 bits per heavy atom. The van der Waals surface area contributed by atoms with E-state index in [1.165, 1.54) is 11.1 Å². The largest absolute Gasteiger partial charge is 0.463 e. The number of rotatable bonds is 8. The molecule has 3 heterocycles. The fraction of sp³-hybridized carbons (Fsp3) is 0.238. The highest BCUT2D eigenvalue weighted by molar-refractivity contribution is 5.81. The Bertz CT molecular complexity index is 1030. The van der Waals surface area contributed by atoms with Crippen LogP contribution in [-0.4, -0.2) is 31.1 Å². The minimum absolute atomic E-state index is 0.289. The second-order valence-electron chi connectivity index (χ2n) is 6.54. The number of nitrogens with two attached hydrogens (primary N) is 1. The van der Waals surface area contributed by atoms with Crippen LogP contribution in [0.3, 0.4) is 0 Å². The van der Waals surface area contributed by atoms with Gasteiger partial charge in [-0.2, -0.15) is 9.97 Å². The third-order valence-corrected chi connectivity index (χ3v) is 4.55. The average Bonchev–Trinajstić information content (AvgIpc) is 3.13. The number of imidazole rings is 1. The summed E-state index contributed by atoms with van der Waals surface area (Å²) in [6.07, 6.45) is 8.10. The van der Waals surface area contributed by atoms with E-state index < -0.39 is 0 Å². The van der Waals surface area contributed by atoms with Crippen LogP contribution >= 0.6 is 0 Å². The fourth-order valence-corrected chi connectivity index (χ4v) is 3.08. The molecular weight excluding hydrogens is 352 g/mol. The predicted octanol–water partition coefficient (Wildman–Crippen LogP) is 3.06. The van der Waals surface area contributed by atoms with Crippen LogP contribution in [0.5, 0.6) is 6.01 Å². The average molecular weight is 374 g/mol. The Kier molecular flexibility index (Phi) is 5.42. The van der Waals surface area contributed by atoms with Gasteiger partial charge in [0.2, 0.25) is 0 Å². The summed E-state index contributed by atoms with van der Waals surface area (Å²) in [6.45, 7) is 1.28. The molecule has 2 N–H and O–H groups in total. The summed E-state index contributed by atoms with van der Waals surface area (Å²) in [5.41, 5.74) is 9.84. The molecule has 1 aromatic carbocycles. The summed E-state index contributed by atoms with van der Waals surface area (Å²) in [5.74, 6) is 0.340. The molecule has 0 spiro atoms. The molecule has 0 bridgehead atoms. The summed E-state index contributed by atoms with van der Waals surface area (Å²) in [7, 11) is 0. The van der Waals surface area contributed by atoms with E-state index in [1.54, 1.807) is 6.33 Å². The molecule has 0 aliphatic heterocycles. The lowest BCUT2D eigenvalue weighted by Gasteiger charge is -2.07. The summed E-state index contributed by atoms with van der Waals surface area (Å²) in [6, 6.07) is 14.5. The number of fused-ring (bicyclic) bond motifs is 1. The van der Waals surface area contributed by atoms with Gasteiger partial charge >= 0.3 is 6.01 Å². The van der Waals surface area contributed by atoms with Crippen molar-refractivity contribution in [3.05, 3.63) is 72.3 Å². The lowest BCUT2D eigenvalue weighted by molar-refractivity contribution is 0.297. The zero-order valence-corrected chi connectivity index (χ0v) is 15.5. The first-order valence-electron chi connectivity index (χ1n) is 9.33. The van der Waals surface area contributed by atoms with Crippen LogP contribution in [0, 0.1) is 0 Å². The predicted molar refractivity (Wildman–Crippen MR) is 108 cm³/mol. The van der Waals surface area contributed by atoms with E-state index in [0.717, 1.165) is 25.8 Å². The molecule has 0 amide bonds. The topological polar surface area (TPSA) is 91.7 Å². The van der Waals surface area contributed by atoms with E-state index in [-0.39, 0.29) is 6.01 Å². The van der Waals surface area contributed by atoms with Crippen molar-refractivity contribution < 1.29 is 4.74 Å². The van der Waals surface area contributed by atoms with Gasteiger partial charge in [0.25, 0.3) is 0 Å². The molecule has 0 unspecified atom stereocenters. The van der Waals surface area contributed by atoms with Crippen molar-refractivity contribution in [2.24, 2.45) is 0 Å². The monoisotopic (exact) mass is 374 g/mol. The second kappa shape index (κ2) is 8.47. The first-order chi connectivity index (χ1) is 13.8. The zero-order chi connectivity index (χ0) is 19.2.